The monoisotopic (exact) mass is 242 g/mol. The van der Waals surface area contributed by atoms with E-state index in [9.17, 15) is 4.79 Å². The number of hydrogen-bond donors (Lipinski definition) is 2. The van der Waals surface area contributed by atoms with E-state index in [0.29, 0.717) is 24.9 Å². The Morgan fingerprint density at radius 3 is 2.82 bits per heavy atom. The Labute approximate surface area is 104 Å². The van der Waals surface area contributed by atoms with Crippen LogP contribution in [-0.2, 0) is 9.53 Å². The summed E-state index contributed by atoms with van der Waals surface area (Å²) >= 11 is 0. The van der Waals surface area contributed by atoms with E-state index in [4.69, 9.17) is 4.74 Å². The SMILES string of the molecule is COCC(NC(=O)CC1CCCNC1)C(C)C. The highest BCUT2D eigenvalue weighted by Gasteiger charge is 2.20. The van der Waals surface area contributed by atoms with Crippen LogP contribution in [0.1, 0.15) is 33.1 Å². The lowest BCUT2D eigenvalue weighted by Gasteiger charge is -2.25. The van der Waals surface area contributed by atoms with Crippen molar-refractivity contribution in [2.75, 3.05) is 26.8 Å². The molecule has 4 nitrogen and oxygen atoms in total. The van der Waals surface area contributed by atoms with Crippen LogP contribution in [0.5, 0.6) is 0 Å². The lowest BCUT2D eigenvalue weighted by molar-refractivity contribution is -0.123. The van der Waals surface area contributed by atoms with Crippen LogP contribution in [0.15, 0.2) is 0 Å². The van der Waals surface area contributed by atoms with Crippen LogP contribution in [0.25, 0.3) is 0 Å². The normalized spacial score (nSPS) is 22.5. The molecule has 0 aromatic carbocycles. The Bertz CT molecular complexity index is 225. The van der Waals surface area contributed by atoms with Crippen LogP contribution in [0.3, 0.4) is 0 Å². The van der Waals surface area contributed by atoms with Gasteiger partial charge in [0.05, 0.1) is 12.6 Å². The summed E-state index contributed by atoms with van der Waals surface area (Å²) in [5, 5.41) is 6.41. The van der Waals surface area contributed by atoms with Crippen LogP contribution in [0.2, 0.25) is 0 Å². The minimum Gasteiger partial charge on any atom is -0.383 e. The molecule has 1 amide bonds. The first kappa shape index (κ1) is 14.5. The molecule has 0 radical (unpaired) electrons. The maximum atomic E-state index is 11.9. The number of rotatable bonds is 6. The molecule has 0 bridgehead atoms. The molecule has 1 fully saturated rings. The van der Waals surface area contributed by atoms with Gasteiger partial charge in [0, 0.05) is 13.5 Å². The first-order valence-electron chi connectivity index (χ1n) is 6.62. The second-order valence-electron chi connectivity index (χ2n) is 5.29. The lowest BCUT2D eigenvalue weighted by Crippen LogP contribution is -2.43. The fraction of sp³-hybridized carbons (Fsp3) is 0.923. The molecule has 1 saturated heterocycles. The van der Waals surface area contributed by atoms with Crippen molar-refractivity contribution in [3.63, 3.8) is 0 Å². The molecule has 17 heavy (non-hydrogen) atoms. The van der Waals surface area contributed by atoms with E-state index >= 15 is 0 Å². The summed E-state index contributed by atoms with van der Waals surface area (Å²) in [4.78, 5) is 11.9. The van der Waals surface area contributed by atoms with Gasteiger partial charge in [0.25, 0.3) is 0 Å². The summed E-state index contributed by atoms with van der Waals surface area (Å²) in [5.41, 5.74) is 0. The Balaban J connectivity index is 2.30. The lowest BCUT2D eigenvalue weighted by atomic mass is 9.95. The average molecular weight is 242 g/mol. The van der Waals surface area contributed by atoms with Crippen molar-refractivity contribution in [1.82, 2.24) is 10.6 Å². The van der Waals surface area contributed by atoms with Gasteiger partial charge in [-0.25, -0.2) is 0 Å². The maximum Gasteiger partial charge on any atom is 0.220 e. The van der Waals surface area contributed by atoms with E-state index in [2.05, 4.69) is 24.5 Å². The molecule has 1 heterocycles. The molecule has 0 aromatic rings. The number of nitrogens with one attached hydrogen (secondary N) is 2. The Hall–Kier alpha value is -0.610. The predicted molar refractivity (Wildman–Crippen MR) is 68.9 cm³/mol. The predicted octanol–water partition coefficient (Wildman–Crippen LogP) is 1.16. The molecule has 4 heteroatoms. The van der Waals surface area contributed by atoms with Gasteiger partial charge < -0.3 is 15.4 Å². The van der Waals surface area contributed by atoms with Crippen LogP contribution in [0.4, 0.5) is 0 Å². The largest absolute Gasteiger partial charge is 0.383 e. The van der Waals surface area contributed by atoms with Crippen molar-refractivity contribution in [2.45, 2.75) is 39.2 Å². The molecule has 1 rings (SSSR count). The first-order chi connectivity index (χ1) is 8.13. The van der Waals surface area contributed by atoms with Gasteiger partial charge in [0.1, 0.15) is 0 Å². The number of methoxy groups -OCH3 is 1. The molecule has 2 atom stereocenters. The zero-order chi connectivity index (χ0) is 12.7. The van der Waals surface area contributed by atoms with E-state index in [1.807, 2.05) is 0 Å². The Morgan fingerprint density at radius 2 is 2.29 bits per heavy atom. The van der Waals surface area contributed by atoms with Crippen LogP contribution in [-0.4, -0.2) is 38.8 Å². The highest BCUT2D eigenvalue weighted by atomic mass is 16.5. The number of carbonyl (C=O) groups is 1. The molecule has 2 N–H and O–H groups in total. The molecule has 100 valence electrons. The van der Waals surface area contributed by atoms with Crippen molar-refractivity contribution in [1.29, 1.82) is 0 Å². The Kier molecular flexibility index (Phi) is 6.52. The van der Waals surface area contributed by atoms with Gasteiger partial charge in [-0.2, -0.15) is 0 Å². The topological polar surface area (TPSA) is 50.4 Å². The standard InChI is InChI=1S/C13H26N2O2/c1-10(2)12(9-17-3)15-13(16)7-11-5-4-6-14-8-11/h10-12,14H,4-9H2,1-3H3,(H,15,16). The van der Waals surface area contributed by atoms with Crippen molar-refractivity contribution >= 4 is 5.91 Å². The molecular weight excluding hydrogens is 216 g/mol. The third-order valence-electron chi connectivity index (χ3n) is 3.37. The number of piperidine rings is 1. The number of hydrogen-bond acceptors (Lipinski definition) is 3. The molecule has 0 aromatic heterocycles. The summed E-state index contributed by atoms with van der Waals surface area (Å²) in [6.07, 6.45) is 2.99. The average Bonchev–Trinajstić information content (AvgIpc) is 2.29. The zero-order valence-corrected chi connectivity index (χ0v) is 11.3. The van der Waals surface area contributed by atoms with Crippen LogP contribution < -0.4 is 10.6 Å². The van der Waals surface area contributed by atoms with E-state index in [-0.39, 0.29) is 11.9 Å². The van der Waals surface area contributed by atoms with Gasteiger partial charge >= 0.3 is 0 Å². The van der Waals surface area contributed by atoms with E-state index in [0.717, 1.165) is 19.5 Å². The van der Waals surface area contributed by atoms with Gasteiger partial charge in [0.15, 0.2) is 0 Å². The number of carbonyl (C=O) groups excluding carboxylic acids is 1. The molecule has 0 aliphatic carbocycles. The summed E-state index contributed by atoms with van der Waals surface area (Å²) in [6, 6.07) is 0.129. The molecular formula is C13H26N2O2. The number of ether oxygens (including phenoxy) is 1. The van der Waals surface area contributed by atoms with Gasteiger partial charge in [-0.05, 0) is 37.8 Å². The summed E-state index contributed by atoms with van der Waals surface area (Å²) in [6.45, 7) is 6.87. The third kappa shape index (κ3) is 5.50. The highest BCUT2D eigenvalue weighted by Crippen LogP contribution is 2.14. The minimum atomic E-state index is 0.129. The van der Waals surface area contributed by atoms with Crippen molar-refractivity contribution < 1.29 is 9.53 Å². The summed E-state index contributed by atoms with van der Waals surface area (Å²) < 4.78 is 5.13. The number of amides is 1. The third-order valence-corrected chi connectivity index (χ3v) is 3.37. The van der Waals surface area contributed by atoms with Crippen molar-refractivity contribution in [3.8, 4) is 0 Å². The molecule has 0 saturated carbocycles. The molecule has 2 unspecified atom stereocenters. The molecule has 0 spiro atoms. The van der Waals surface area contributed by atoms with Crippen molar-refractivity contribution in [3.05, 3.63) is 0 Å². The fourth-order valence-corrected chi connectivity index (χ4v) is 2.21. The fourth-order valence-electron chi connectivity index (χ4n) is 2.21. The van der Waals surface area contributed by atoms with Gasteiger partial charge in [0.2, 0.25) is 5.91 Å². The smallest absolute Gasteiger partial charge is 0.220 e. The molecule has 1 aliphatic heterocycles. The Morgan fingerprint density at radius 1 is 1.53 bits per heavy atom. The quantitative estimate of drug-likeness (QED) is 0.735. The highest BCUT2D eigenvalue weighted by molar-refractivity contribution is 5.76. The van der Waals surface area contributed by atoms with Crippen molar-refractivity contribution in [2.24, 2.45) is 11.8 Å². The molecule has 1 aliphatic rings. The minimum absolute atomic E-state index is 0.129. The van der Waals surface area contributed by atoms with E-state index in [1.165, 1.54) is 6.42 Å². The van der Waals surface area contributed by atoms with Gasteiger partial charge in [-0.15, -0.1) is 0 Å². The van der Waals surface area contributed by atoms with E-state index < -0.39 is 0 Å². The van der Waals surface area contributed by atoms with E-state index in [1.54, 1.807) is 7.11 Å². The van der Waals surface area contributed by atoms with Crippen LogP contribution >= 0.6 is 0 Å². The first-order valence-corrected chi connectivity index (χ1v) is 6.62. The zero-order valence-electron chi connectivity index (χ0n) is 11.3. The maximum absolute atomic E-state index is 11.9. The summed E-state index contributed by atoms with van der Waals surface area (Å²) in [5.74, 6) is 1.07. The second-order valence-corrected chi connectivity index (χ2v) is 5.29. The van der Waals surface area contributed by atoms with Crippen LogP contribution in [0, 0.1) is 11.8 Å². The summed E-state index contributed by atoms with van der Waals surface area (Å²) in [7, 11) is 1.67. The second kappa shape index (κ2) is 7.67. The van der Waals surface area contributed by atoms with Gasteiger partial charge in [-0.1, -0.05) is 13.8 Å². The van der Waals surface area contributed by atoms with Gasteiger partial charge in [-0.3, -0.25) is 4.79 Å².